The molecule has 1 N–H and O–H groups in total. The molecular formula is C14H20FNO2S. The van der Waals surface area contributed by atoms with Crippen molar-refractivity contribution in [3.05, 3.63) is 29.1 Å². The zero-order valence-corrected chi connectivity index (χ0v) is 12.2. The Labute approximate surface area is 114 Å². The van der Waals surface area contributed by atoms with Crippen LogP contribution in [0.4, 0.5) is 4.39 Å². The molecule has 0 amide bonds. The first-order chi connectivity index (χ1) is 8.88. The molecule has 0 atom stereocenters. The van der Waals surface area contributed by atoms with Gasteiger partial charge in [0, 0.05) is 6.26 Å². The fourth-order valence-corrected chi connectivity index (χ4v) is 3.65. The molecule has 0 aromatic heterocycles. The van der Waals surface area contributed by atoms with Gasteiger partial charge in [-0.1, -0.05) is 0 Å². The number of hydrogen-bond donors (Lipinski definition) is 1. The van der Waals surface area contributed by atoms with Crippen LogP contribution in [0, 0.1) is 18.7 Å². The van der Waals surface area contributed by atoms with Crippen LogP contribution in [0.15, 0.2) is 17.0 Å². The van der Waals surface area contributed by atoms with Crippen molar-refractivity contribution in [3.8, 4) is 0 Å². The molecule has 2 rings (SSSR count). The van der Waals surface area contributed by atoms with Gasteiger partial charge in [0.15, 0.2) is 9.84 Å². The van der Waals surface area contributed by atoms with E-state index >= 15 is 0 Å². The molecule has 106 valence electrons. The van der Waals surface area contributed by atoms with Crippen LogP contribution in [0.2, 0.25) is 0 Å². The number of aryl methyl sites for hydroxylation is 1. The van der Waals surface area contributed by atoms with Crippen molar-refractivity contribution in [2.75, 3.05) is 19.3 Å². The fourth-order valence-electron chi connectivity index (χ4n) is 2.65. The van der Waals surface area contributed by atoms with Gasteiger partial charge in [-0.05, 0) is 68.5 Å². The second kappa shape index (κ2) is 5.59. The minimum atomic E-state index is -3.29. The van der Waals surface area contributed by atoms with Crippen LogP contribution >= 0.6 is 0 Å². The largest absolute Gasteiger partial charge is 0.317 e. The van der Waals surface area contributed by atoms with Crippen molar-refractivity contribution in [2.45, 2.75) is 31.1 Å². The third kappa shape index (κ3) is 3.54. The Balaban J connectivity index is 2.29. The van der Waals surface area contributed by atoms with E-state index in [4.69, 9.17) is 0 Å². The number of halogens is 1. The minimum Gasteiger partial charge on any atom is -0.317 e. The predicted molar refractivity (Wildman–Crippen MR) is 73.5 cm³/mol. The Morgan fingerprint density at radius 1 is 1.32 bits per heavy atom. The Kier molecular flexibility index (Phi) is 4.26. The summed E-state index contributed by atoms with van der Waals surface area (Å²) in [7, 11) is -3.29. The quantitative estimate of drug-likeness (QED) is 0.865. The van der Waals surface area contributed by atoms with Gasteiger partial charge in [-0.2, -0.15) is 0 Å². The molecule has 0 radical (unpaired) electrons. The van der Waals surface area contributed by atoms with E-state index in [1.165, 1.54) is 18.4 Å². The molecule has 1 saturated heterocycles. The van der Waals surface area contributed by atoms with Crippen molar-refractivity contribution in [2.24, 2.45) is 5.92 Å². The number of nitrogens with one attached hydrogen (secondary N) is 1. The number of rotatable bonds is 3. The van der Waals surface area contributed by atoms with Crippen molar-refractivity contribution in [1.29, 1.82) is 0 Å². The fraction of sp³-hybridized carbons (Fsp3) is 0.571. The first-order valence-electron chi connectivity index (χ1n) is 6.57. The Bertz CT molecular complexity index is 563. The molecule has 1 fully saturated rings. The van der Waals surface area contributed by atoms with Crippen molar-refractivity contribution in [3.63, 3.8) is 0 Å². The van der Waals surface area contributed by atoms with Gasteiger partial charge in [0.25, 0.3) is 0 Å². The zero-order valence-electron chi connectivity index (χ0n) is 11.4. The van der Waals surface area contributed by atoms with Gasteiger partial charge in [-0.15, -0.1) is 0 Å². The molecule has 0 bridgehead atoms. The zero-order chi connectivity index (χ0) is 14.0. The smallest absolute Gasteiger partial charge is 0.175 e. The summed E-state index contributed by atoms with van der Waals surface area (Å²) in [6.45, 7) is 3.54. The lowest BCUT2D eigenvalue weighted by Gasteiger charge is -2.23. The minimum absolute atomic E-state index is 0.248. The molecule has 1 aromatic carbocycles. The lowest BCUT2D eigenvalue weighted by atomic mass is 9.90. The van der Waals surface area contributed by atoms with Crippen LogP contribution in [0.5, 0.6) is 0 Å². The van der Waals surface area contributed by atoms with Crippen LogP contribution in [0.1, 0.15) is 24.0 Å². The van der Waals surface area contributed by atoms with E-state index in [1.807, 2.05) is 0 Å². The van der Waals surface area contributed by atoms with E-state index in [0.29, 0.717) is 23.5 Å². The van der Waals surface area contributed by atoms with Crippen LogP contribution in [-0.4, -0.2) is 27.8 Å². The molecule has 1 heterocycles. The Morgan fingerprint density at radius 3 is 2.53 bits per heavy atom. The predicted octanol–water partition coefficient (Wildman–Crippen LogP) is 2.08. The lowest BCUT2D eigenvalue weighted by molar-refractivity contribution is 0.368. The van der Waals surface area contributed by atoms with Crippen LogP contribution in [0.25, 0.3) is 0 Å². The molecule has 1 aromatic rings. The lowest BCUT2D eigenvalue weighted by Crippen LogP contribution is -2.28. The monoisotopic (exact) mass is 285 g/mol. The first-order valence-corrected chi connectivity index (χ1v) is 8.47. The number of piperidine rings is 1. The summed E-state index contributed by atoms with van der Waals surface area (Å²) in [5.41, 5.74) is 1.01. The molecular weight excluding hydrogens is 265 g/mol. The van der Waals surface area contributed by atoms with E-state index in [0.717, 1.165) is 25.9 Å². The van der Waals surface area contributed by atoms with Gasteiger partial charge in [0.1, 0.15) is 5.82 Å². The number of benzene rings is 1. The summed E-state index contributed by atoms with van der Waals surface area (Å²) in [6, 6.07) is 2.86. The molecule has 0 aliphatic carbocycles. The molecule has 0 saturated carbocycles. The van der Waals surface area contributed by atoms with E-state index < -0.39 is 9.84 Å². The molecule has 5 heteroatoms. The van der Waals surface area contributed by atoms with Crippen molar-refractivity contribution in [1.82, 2.24) is 5.32 Å². The average molecular weight is 285 g/mol. The van der Waals surface area contributed by atoms with Gasteiger partial charge >= 0.3 is 0 Å². The summed E-state index contributed by atoms with van der Waals surface area (Å²) in [5, 5.41) is 3.27. The SMILES string of the molecule is Cc1cc(F)c(CC2CCNCC2)cc1S(C)(=O)=O. The van der Waals surface area contributed by atoms with Gasteiger partial charge in [-0.3, -0.25) is 0 Å². The molecule has 19 heavy (non-hydrogen) atoms. The van der Waals surface area contributed by atoms with Gasteiger partial charge in [-0.25, -0.2) is 12.8 Å². The summed E-state index contributed by atoms with van der Waals surface area (Å²) in [6.07, 6.45) is 3.82. The molecule has 1 aliphatic rings. The highest BCUT2D eigenvalue weighted by atomic mass is 32.2. The van der Waals surface area contributed by atoms with Crippen LogP contribution < -0.4 is 5.32 Å². The summed E-state index contributed by atoms with van der Waals surface area (Å²) in [5.74, 6) is 0.147. The summed E-state index contributed by atoms with van der Waals surface area (Å²) < 4.78 is 37.3. The Hall–Kier alpha value is -0.940. The summed E-state index contributed by atoms with van der Waals surface area (Å²) >= 11 is 0. The second-order valence-electron chi connectivity index (χ2n) is 5.38. The maximum Gasteiger partial charge on any atom is 0.175 e. The standard InChI is InChI=1S/C14H20FNO2S/c1-10-7-13(15)12(9-14(10)19(2,17)18)8-11-3-5-16-6-4-11/h7,9,11,16H,3-6,8H2,1-2H3. The highest BCUT2D eigenvalue weighted by molar-refractivity contribution is 7.90. The van der Waals surface area contributed by atoms with E-state index in [2.05, 4.69) is 5.32 Å². The highest BCUT2D eigenvalue weighted by Crippen LogP contribution is 2.24. The van der Waals surface area contributed by atoms with Crippen molar-refractivity contribution < 1.29 is 12.8 Å². The Morgan fingerprint density at radius 2 is 1.95 bits per heavy atom. The van der Waals surface area contributed by atoms with Crippen LogP contribution in [-0.2, 0) is 16.3 Å². The summed E-state index contributed by atoms with van der Waals surface area (Å²) in [4.78, 5) is 0.248. The van der Waals surface area contributed by atoms with Gasteiger partial charge < -0.3 is 5.32 Å². The number of sulfone groups is 1. The molecule has 3 nitrogen and oxygen atoms in total. The van der Waals surface area contributed by atoms with Gasteiger partial charge in [0.05, 0.1) is 4.90 Å². The second-order valence-corrected chi connectivity index (χ2v) is 7.36. The molecule has 1 aliphatic heterocycles. The van der Waals surface area contributed by atoms with Crippen LogP contribution in [0.3, 0.4) is 0 Å². The van der Waals surface area contributed by atoms with E-state index in [9.17, 15) is 12.8 Å². The average Bonchev–Trinajstić information content (AvgIpc) is 2.32. The first kappa shape index (κ1) is 14.5. The van der Waals surface area contributed by atoms with Gasteiger partial charge in [0.2, 0.25) is 0 Å². The number of hydrogen-bond acceptors (Lipinski definition) is 3. The maximum atomic E-state index is 14.0. The van der Waals surface area contributed by atoms with Crippen molar-refractivity contribution >= 4 is 9.84 Å². The third-order valence-electron chi connectivity index (χ3n) is 3.71. The van der Waals surface area contributed by atoms with E-state index in [1.54, 1.807) is 6.92 Å². The maximum absolute atomic E-state index is 14.0. The molecule has 0 spiro atoms. The third-order valence-corrected chi connectivity index (χ3v) is 4.95. The topological polar surface area (TPSA) is 46.2 Å². The normalized spacial score (nSPS) is 17.6. The highest BCUT2D eigenvalue weighted by Gasteiger charge is 2.19. The molecule has 0 unspecified atom stereocenters. The van der Waals surface area contributed by atoms with E-state index in [-0.39, 0.29) is 10.7 Å².